The normalized spacial score (nSPS) is 11.2. The summed E-state index contributed by atoms with van der Waals surface area (Å²) in [5.41, 5.74) is 2.25. The van der Waals surface area contributed by atoms with E-state index in [0.717, 1.165) is 11.3 Å². The van der Waals surface area contributed by atoms with Crippen molar-refractivity contribution >= 4 is 29.4 Å². The van der Waals surface area contributed by atoms with E-state index in [9.17, 15) is 13.6 Å². The maximum atomic E-state index is 12.3. The first kappa shape index (κ1) is 17.9. The van der Waals surface area contributed by atoms with Gasteiger partial charge >= 0.3 is 0 Å². The lowest BCUT2D eigenvalue weighted by Gasteiger charge is -2.04. The highest BCUT2D eigenvalue weighted by Gasteiger charge is 2.05. The van der Waals surface area contributed by atoms with Crippen LogP contribution in [-0.4, -0.2) is 21.4 Å². The first-order chi connectivity index (χ1) is 12.6. The van der Waals surface area contributed by atoms with Crippen LogP contribution in [0, 0.1) is 0 Å². The molecule has 0 radical (unpaired) electrons. The molecule has 0 bridgehead atoms. The van der Waals surface area contributed by atoms with Gasteiger partial charge in [-0.2, -0.15) is 13.9 Å². The Labute approximate surface area is 153 Å². The molecule has 3 aromatic rings. The number of nitrogens with zero attached hydrogens (tertiary/aromatic N) is 2. The highest BCUT2D eigenvalue weighted by Crippen LogP contribution is 2.26. The Bertz CT molecular complexity index is 893. The van der Waals surface area contributed by atoms with Crippen molar-refractivity contribution in [3.8, 4) is 5.69 Å². The Morgan fingerprint density at radius 3 is 2.54 bits per heavy atom. The number of carbonyl (C=O) groups excluding carboxylic acids is 1. The third-order valence-corrected chi connectivity index (χ3v) is 4.12. The van der Waals surface area contributed by atoms with Crippen molar-refractivity contribution in [2.75, 3.05) is 5.32 Å². The van der Waals surface area contributed by atoms with Crippen LogP contribution in [0.3, 0.4) is 0 Å². The van der Waals surface area contributed by atoms with Gasteiger partial charge in [-0.1, -0.05) is 30.0 Å². The van der Waals surface area contributed by atoms with Gasteiger partial charge in [0, 0.05) is 28.4 Å². The molecule has 1 aromatic heterocycles. The van der Waals surface area contributed by atoms with E-state index in [0.29, 0.717) is 22.3 Å². The van der Waals surface area contributed by atoms with Crippen molar-refractivity contribution in [3.63, 3.8) is 0 Å². The van der Waals surface area contributed by atoms with E-state index in [1.54, 1.807) is 41.2 Å². The maximum absolute atomic E-state index is 12.3. The van der Waals surface area contributed by atoms with Crippen LogP contribution in [0.1, 0.15) is 5.56 Å². The minimum atomic E-state index is -2.46. The first-order valence-electron chi connectivity index (χ1n) is 7.74. The number of benzene rings is 2. The highest BCUT2D eigenvalue weighted by molar-refractivity contribution is 7.99. The molecule has 0 saturated carbocycles. The quantitative estimate of drug-likeness (QED) is 0.498. The molecule has 3 rings (SSSR count). The number of hydrogen-bond acceptors (Lipinski definition) is 3. The molecule has 26 heavy (non-hydrogen) atoms. The number of amides is 1. The molecule has 132 valence electrons. The van der Waals surface area contributed by atoms with Gasteiger partial charge in [-0.15, -0.1) is 0 Å². The van der Waals surface area contributed by atoms with Crippen molar-refractivity contribution in [2.45, 2.75) is 10.7 Å². The van der Waals surface area contributed by atoms with E-state index in [-0.39, 0.29) is 5.91 Å². The summed E-state index contributed by atoms with van der Waals surface area (Å²) in [5.74, 6) is -2.78. The van der Waals surface area contributed by atoms with E-state index >= 15 is 0 Å². The zero-order valence-electron chi connectivity index (χ0n) is 13.5. The predicted molar refractivity (Wildman–Crippen MR) is 99.5 cm³/mol. The van der Waals surface area contributed by atoms with Crippen LogP contribution in [0.4, 0.5) is 14.5 Å². The molecule has 7 heteroatoms. The Balaban J connectivity index is 1.59. The number of nitrogens with one attached hydrogen (secondary N) is 1. The number of halogens is 2. The fraction of sp³-hybridized carbons (Fsp3) is 0.0526. The van der Waals surface area contributed by atoms with Gasteiger partial charge in [0.1, 0.15) is 0 Å². The average molecular weight is 371 g/mol. The molecule has 0 spiro atoms. The minimum Gasteiger partial charge on any atom is -0.323 e. The van der Waals surface area contributed by atoms with E-state index in [2.05, 4.69) is 10.4 Å². The summed E-state index contributed by atoms with van der Waals surface area (Å²) < 4.78 is 26.3. The summed E-state index contributed by atoms with van der Waals surface area (Å²) >= 11 is 0.465. The van der Waals surface area contributed by atoms with E-state index in [1.165, 1.54) is 6.08 Å². The second-order valence-electron chi connectivity index (χ2n) is 5.28. The molecule has 1 amide bonds. The average Bonchev–Trinajstić information content (AvgIpc) is 3.11. The molecule has 2 aromatic carbocycles. The maximum Gasteiger partial charge on any atom is 0.288 e. The van der Waals surface area contributed by atoms with Gasteiger partial charge in [0.05, 0.1) is 11.9 Å². The predicted octanol–water partition coefficient (Wildman–Crippen LogP) is 4.84. The zero-order valence-corrected chi connectivity index (χ0v) is 14.4. The van der Waals surface area contributed by atoms with Gasteiger partial charge in [0.15, 0.2) is 0 Å². The molecule has 0 aliphatic heterocycles. The number of aromatic nitrogens is 2. The summed E-state index contributed by atoms with van der Waals surface area (Å²) in [4.78, 5) is 12.4. The summed E-state index contributed by atoms with van der Waals surface area (Å²) in [7, 11) is 0. The van der Waals surface area contributed by atoms with E-state index in [4.69, 9.17) is 0 Å². The van der Waals surface area contributed by atoms with Crippen LogP contribution in [0.2, 0.25) is 0 Å². The van der Waals surface area contributed by atoms with Gasteiger partial charge in [0.2, 0.25) is 5.91 Å². The molecule has 0 aliphatic rings. The van der Waals surface area contributed by atoms with Crippen LogP contribution in [0.5, 0.6) is 0 Å². The molecule has 0 fully saturated rings. The van der Waals surface area contributed by atoms with Crippen molar-refractivity contribution in [3.05, 3.63) is 78.6 Å². The molecule has 0 atom stereocenters. The van der Waals surface area contributed by atoms with Crippen LogP contribution in [-0.2, 0) is 4.79 Å². The zero-order chi connectivity index (χ0) is 18.4. The van der Waals surface area contributed by atoms with Gasteiger partial charge in [-0.3, -0.25) is 4.79 Å². The fourth-order valence-corrected chi connectivity index (χ4v) is 2.72. The fourth-order valence-electron chi connectivity index (χ4n) is 2.22. The smallest absolute Gasteiger partial charge is 0.288 e. The van der Waals surface area contributed by atoms with Crippen LogP contribution in [0.15, 0.2) is 78.0 Å². The number of anilines is 1. The summed E-state index contributed by atoms with van der Waals surface area (Å²) in [6, 6.07) is 15.9. The number of para-hydroxylation sites is 1. The van der Waals surface area contributed by atoms with Crippen LogP contribution < -0.4 is 5.32 Å². The van der Waals surface area contributed by atoms with Crippen molar-refractivity contribution in [2.24, 2.45) is 0 Å². The Morgan fingerprint density at radius 2 is 1.85 bits per heavy atom. The molecule has 4 nitrogen and oxygen atoms in total. The Morgan fingerprint density at radius 1 is 1.12 bits per heavy atom. The molecule has 0 aliphatic carbocycles. The SMILES string of the molecule is O=C(/C=C/c1cnn(-c2ccccc2)c1)Nc1ccc(SC(F)F)cc1. The minimum absolute atomic E-state index is 0.313. The number of rotatable bonds is 6. The second-order valence-corrected chi connectivity index (χ2v) is 6.34. The van der Waals surface area contributed by atoms with Crippen LogP contribution >= 0.6 is 11.8 Å². The Kier molecular flexibility index (Phi) is 5.80. The number of carbonyl (C=O) groups is 1. The third kappa shape index (κ3) is 5.03. The summed E-state index contributed by atoms with van der Waals surface area (Å²) in [6.07, 6.45) is 6.53. The molecule has 1 heterocycles. The number of alkyl halides is 2. The van der Waals surface area contributed by atoms with Crippen LogP contribution in [0.25, 0.3) is 11.8 Å². The summed E-state index contributed by atoms with van der Waals surface area (Å²) in [6.45, 7) is 0. The van der Waals surface area contributed by atoms with Gasteiger partial charge < -0.3 is 5.32 Å². The first-order valence-corrected chi connectivity index (χ1v) is 8.62. The molecule has 0 saturated heterocycles. The largest absolute Gasteiger partial charge is 0.323 e. The highest BCUT2D eigenvalue weighted by atomic mass is 32.2. The lowest BCUT2D eigenvalue weighted by molar-refractivity contribution is -0.111. The third-order valence-electron chi connectivity index (χ3n) is 3.40. The number of thioether (sulfide) groups is 1. The standard InChI is InChI=1S/C19H15F2N3OS/c20-19(21)26-17-9-7-15(8-10-17)23-18(25)11-6-14-12-22-24(13-14)16-4-2-1-3-5-16/h1-13,19H,(H,23,25)/b11-6+. The lowest BCUT2D eigenvalue weighted by Crippen LogP contribution is -2.07. The van der Waals surface area contributed by atoms with E-state index in [1.807, 2.05) is 36.5 Å². The van der Waals surface area contributed by atoms with Crippen molar-refractivity contribution < 1.29 is 13.6 Å². The van der Waals surface area contributed by atoms with Gasteiger partial charge in [0.25, 0.3) is 5.76 Å². The molecule has 1 N–H and O–H groups in total. The van der Waals surface area contributed by atoms with Gasteiger partial charge in [-0.05, 0) is 42.5 Å². The van der Waals surface area contributed by atoms with Crippen molar-refractivity contribution in [1.82, 2.24) is 9.78 Å². The lowest BCUT2D eigenvalue weighted by atomic mass is 10.3. The monoisotopic (exact) mass is 371 g/mol. The second kappa shape index (κ2) is 8.44. The molecular formula is C19H15F2N3OS. The van der Waals surface area contributed by atoms with Gasteiger partial charge in [-0.25, -0.2) is 4.68 Å². The van der Waals surface area contributed by atoms with E-state index < -0.39 is 5.76 Å². The Hall–Kier alpha value is -2.93. The number of hydrogen-bond donors (Lipinski definition) is 1. The molecular weight excluding hydrogens is 356 g/mol. The van der Waals surface area contributed by atoms with Crippen molar-refractivity contribution in [1.29, 1.82) is 0 Å². The topological polar surface area (TPSA) is 46.9 Å². The molecule has 0 unspecified atom stereocenters. The summed E-state index contributed by atoms with van der Waals surface area (Å²) in [5, 5.41) is 6.93.